The number of pyridine rings is 1. The zero-order chi connectivity index (χ0) is 12.7. The van der Waals surface area contributed by atoms with Crippen LogP contribution in [0.1, 0.15) is 18.9 Å². The Kier molecular flexibility index (Phi) is 5.22. The second-order valence-electron chi connectivity index (χ2n) is 3.54. The van der Waals surface area contributed by atoms with Gasteiger partial charge in [-0.15, -0.1) is 0 Å². The van der Waals surface area contributed by atoms with Gasteiger partial charge < -0.3 is 21.0 Å². The maximum Gasteiger partial charge on any atom is 0.217 e. The third kappa shape index (κ3) is 3.60. The second kappa shape index (κ2) is 6.70. The number of methoxy groups -OCH3 is 1. The lowest BCUT2D eigenvalue weighted by molar-refractivity contribution is 0.314. The van der Waals surface area contributed by atoms with Gasteiger partial charge in [0.15, 0.2) is 5.84 Å². The summed E-state index contributed by atoms with van der Waals surface area (Å²) in [6.45, 7) is 2.50. The van der Waals surface area contributed by atoms with E-state index in [0.29, 0.717) is 12.4 Å². The van der Waals surface area contributed by atoms with Gasteiger partial charge in [-0.1, -0.05) is 18.1 Å². The normalized spacial score (nSPS) is 13.4. The Hall–Kier alpha value is -1.82. The van der Waals surface area contributed by atoms with Gasteiger partial charge >= 0.3 is 0 Å². The van der Waals surface area contributed by atoms with Crippen LogP contribution in [0.5, 0.6) is 5.88 Å². The zero-order valence-electron chi connectivity index (χ0n) is 10.1. The highest BCUT2D eigenvalue weighted by molar-refractivity contribution is 5.85. The fourth-order valence-electron chi connectivity index (χ4n) is 1.50. The van der Waals surface area contributed by atoms with Gasteiger partial charge in [0.1, 0.15) is 0 Å². The molecule has 0 amide bonds. The highest BCUT2D eigenvalue weighted by atomic mass is 16.5. The Morgan fingerprint density at radius 3 is 3.06 bits per heavy atom. The van der Waals surface area contributed by atoms with E-state index in [-0.39, 0.29) is 11.9 Å². The van der Waals surface area contributed by atoms with E-state index < -0.39 is 0 Å². The third-order valence-corrected chi connectivity index (χ3v) is 2.46. The van der Waals surface area contributed by atoms with Gasteiger partial charge in [-0.05, 0) is 12.5 Å². The van der Waals surface area contributed by atoms with Crippen LogP contribution in [-0.2, 0) is 6.54 Å². The largest absolute Gasteiger partial charge is 0.481 e. The van der Waals surface area contributed by atoms with E-state index >= 15 is 0 Å². The van der Waals surface area contributed by atoms with Crippen molar-refractivity contribution in [3.05, 3.63) is 23.9 Å². The first-order valence-electron chi connectivity index (χ1n) is 5.41. The lowest BCUT2D eigenvalue weighted by atomic mass is 10.2. The molecule has 0 aliphatic rings. The Morgan fingerprint density at radius 1 is 1.71 bits per heavy atom. The molecule has 17 heavy (non-hydrogen) atoms. The molecule has 94 valence electrons. The van der Waals surface area contributed by atoms with Crippen molar-refractivity contribution in [2.24, 2.45) is 10.9 Å². The molecule has 0 aliphatic heterocycles. The van der Waals surface area contributed by atoms with Crippen molar-refractivity contribution in [2.75, 3.05) is 7.11 Å². The molecular weight excluding hydrogens is 220 g/mol. The molecule has 1 heterocycles. The van der Waals surface area contributed by atoms with Gasteiger partial charge in [0.2, 0.25) is 5.88 Å². The lowest BCUT2D eigenvalue weighted by Crippen LogP contribution is -2.40. The van der Waals surface area contributed by atoms with Crippen molar-refractivity contribution >= 4 is 5.84 Å². The highest BCUT2D eigenvalue weighted by Crippen LogP contribution is 2.13. The second-order valence-corrected chi connectivity index (χ2v) is 3.54. The molecule has 6 nitrogen and oxygen atoms in total. The number of nitrogens with two attached hydrogens (primary N) is 1. The highest BCUT2D eigenvalue weighted by Gasteiger charge is 2.12. The van der Waals surface area contributed by atoms with Crippen LogP contribution < -0.4 is 15.8 Å². The predicted molar refractivity (Wildman–Crippen MR) is 65.1 cm³/mol. The zero-order valence-corrected chi connectivity index (χ0v) is 10.1. The Morgan fingerprint density at radius 2 is 2.47 bits per heavy atom. The summed E-state index contributed by atoms with van der Waals surface area (Å²) in [5.41, 5.74) is 6.48. The number of nitrogens with one attached hydrogen (secondary N) is 1. The number of amidine groups is 1. The average Bonchev–Trinajstić information content (AvgIpc) is 2.39. The van der Waals surface area contributed by atoms with Crippen LogP contribution in [0.4, 0.5) is 0 Å². The fourth-order valence-corrected chi connectivity index (χ4v) is 1.50. The number of hydrogen-bond donors (Lipinski definition) is 3. The first-order valence-corrected chi connectivity index (χ1v) is 5.41. The standard InChI is InChI=1S/C11H18N4O2/c1-3-9(10(12)15-16)14-7-8-5-4-6-13-11(8)17-2/h4-6,9,14,16H,3,7H2,1-2H3,(H2,12,15). The minimum atomic E-state index is -0.162. The minimum Gasteiger partial charge on any atom is -0.481 e. The topological polar surface area (TPSA) is 92.8 Å². The quantitative estimate of drug-likeness (QED) is 0.294. The molecule has 1 aromatic heterocycles. The summed E-state index contributed by atoms with van der Waals surface area (Å²) < 4.78 is 5.14. The number of aromatic nitrogens is 1. The number of rotatable bonds is 6. The molecule has 0 aromatic carbocycles. The van der Waals surface area contributed by atoms with Gasteiger partial charge in [0, 0.05) is 18.3 Å². The summed E-state index contributed by atoms with van der Waals surface area (Å²) in [5.74, 6) is 0.754. The lowest BCUT2D eigenvalue weighted by Gasteiger charge is -2.16. The van der Waals surface area contributed by atoms with E-state index in [1.165, 1.54) is 0 Å². The smallest absolute Gasteiger partial charge is 0.217 e. The Balaban J connectivity index is 2.66. The molecule has 0 aliphatic carbocycles. The van der Waals surface area contributed by atoms with Gasteiger partial charge in [0.05, 0.1) is 13.2 Å². The minimum absolute atomic E-state index is 0.162. The van der Waals surface area contributed by atoms with E-state index in [1.807, 2.05) is 19.1 Å². The van der Waals surface area contributed by atoms with Crippen molar-refractivity contribution in [3.8, 4) is 5.88 Å². The monoisotopic (exact) mass is 238 g/mol. The number of oxime groups is 1. The molecule has 1 atom stereocenters. The molecule has 0 saturated heterocycles. The molecule has 1 rings (SSSR count). The van der Waals surface area contributed by atoms with Crippen LogP contribution >= 0.6 is 0 Å². The summed E-state index contributed by atoms with van der Waals surface area (Å²) in [6.07, 6.45) is 2.40. The molecular formula is C11H18N4O2. The van der Waals surface area contributed by atoms with Gasteiger partial charge in [-0.25, -0.2) is 4.98 Å². The summed E-state index contributed by atoms with van der Waals surface area (Å²) >= 11 is 0. The van der Waals surface area contributed by atoms with E-state index in [4.69, 9.17) is 15.7 Å². The van der Waals surface area contributed by atoms with E-state index in [2.05, 4.69) is 15.5 Å². The molecule has 0 fully saturated rings. The maximum absolute atomic E-state index is 8.62. The molecule has 0 spiro atoms. The Bertz CT molecular complexity index is 381. The fraction of sp³-hybridized carbons (Fsp3) is 0.455. The van der Waals surface area contributed by atoms with Crippen LogP contribution in [0.2, 0.25) is 0 Å². The van der Waals surface area contributed by atoms with Crippen LogP contribution in [0.15, 0.2) is 23.5 Å². The average molecular weight is 238 g/mol. The summed E-state index contributed by atoms with van der Waals surface area (Å²) in [7, 11) is 1.58. The van der Waals surface area contributed by atoms with Gasteiger partial charge in [-0.2, -0.15) is 0 Å². The molecule has 0 bridgehead atoms. The third-order valence-electron chi connectivity index (χ3n) is 2.46. The molecule has 1 unspecified atom stereocenters. The van der Waals surface area contributed by atoms with Crippen molar-refractivity contribution < 1.29 is 9.94 Å². The van der Waals surface area contributed by atoms with E-state index in [0.717, 1.165) is 12.0 Å². The summed E-state index contributed by atoms with van der Waals surface area (Å²) in [6, 6.07) is 3.59. The van der Waals surface area contributed by atoms with Crippen molar-refractivity contribution in [3.63, 3.8) is 0 Å². The molecule has 0 saturated carbocycles. The van der Waals surface area contributed by atoms with Crippen molar-refractivity contribution in [1.82, 2.24) is 10.3 Å². The Labute approximate surface area is 100 Å². The first kappa shape index (κ1) is 13.2. The van der Waals surface area contributed by atoms with Crippen molar-refractivity contribution in [1.29, 1.82) is 0 Å². The number of nitrogens with zero attached hydrogens (tertiary/aromatic N) is 2. The van der Waals surface area contributed by atoms with Crippen molar-refractivity contribution in [2.45, 2.75) is 25.9 Å². The van der Waals surface area contributed by atoms with Crippen LogP contribution in [0, 0.1) is 0 Å². The molecule has 1 aromatic rings. The summed E-state index contributed by atoms with van der Waals surface area (Å²) in [5, 5.41) is 14.8. The SMILES string of the molecule is CCC(NCc1cccnc1OC)C(N)=NO. The number of hydrogen-bond acceptors (Lipinski definition) is 5. The van der Waals surface area contributed by atoms with E-state index in [1.54, 1.807) is 13.3 Å². The summed E-state index contributed by atoms with van der Waals surface area (Å²) in [4.78, 5) is 4.09. The van der Waals surface area contributed by atoms with Crippen LogP contribution in [0.25, 0.3) is 0 Å². The van der Waals surface area contributed by atoms with E-state index in [9.17, 15) is 0 Å². The van der Waals surface area contributed by atoms with Gasteiger partial charge in [-0.3, -0.25) is 0 Å². The van der Waals surface area contributed by atoms with Gasteiger partial charge in [0.25, 0.3) is 0 Å². The molecule has 4 N–H and O–H groups in total. The number of ether oxygens (including phenoxy) is 1. The first-order chi connectivity index (χ1) is 8.22. The molecule has 6 heteroatoms. The van der Waals surface area contributed by atoms with Crippen LogP contribution in [-0.4, -0.2) is 29.2 Å². The van der Waals surface area contributed by atoms with Crippen LogP contribution in [0.3, 0.4) is 0 Å². The molecule has 0 radical (unpaired) electrons. The predicted octanol–water partition coefficient (Wildman–Crippen LogP) is 0.705. The maximum atomic E-state index is 8.62.